The second-order valence-corrected chi connectivity index (χ2v) is 9.79. The fraction of sp³-hybridized carbons (Fsp3) is 0.294. The summed E-state index contributed by atoms with van der Waals surface area (Å²) in [5.41, 5.74) is 25.5. The van der Waals surface area contributed by atoms with E-state index in [4.69, 9.17) is 41.9 Å². The van der Waals surface area contributed by atoms with Crippen molar-refractivity contribution in [2.45, 2.75) is 38.5 Å². The van der Waals surface area contributed by atoms with Crippen molar-refractivity contribution in [2.24, 2.45) is 0 Å². The van der Waals surface area contributed by atoms with Crippen molar-refractivity contribution in [3.63, 3.8) is 0 Å². The Labute approximate surface area is 249 Å². The number of hydrogen-bond acceptors (Lipinski definition) is 8. The van der Waals surface area contributed by atoms with Gasteiger partial charge in [0, 0.05) is 22.7 Å². The van der Waals surface area contributed by atoms with E-state index in [1.165, 1.54) is 0 Å². The number of nitrogen functional groups attached to an aromatic ring is 4. The van der Waals surface area contributed by atoms with Gasteiger partial charge in [-0.25, -0.2) is 0 Å². The highest BCUT2D eigenvalue weighted by atomic mass is 16.5. The maximum Gasteiger partial charge on any atom is 0.119 e. The van der Waals surface area contributed by atoms with E-state index in [-0.39, 0.29) is 0 Å². The first-order valence-corrected chi connectivity index (χ1v) is 14.4. The van der Waals surface area contributed by atoms with E-state index in [1.54, 1.807) is 0 Å². The fourth-order valence-corrected chi connectivity index (χ4v) is 3.78. The van der Waals surface area contributed by atoms with E-state index in [0.717, 1.165) is 84.3 Å². The third-order valence-corrected chi connectivity index (χ3v) is 6.17. The molecular formula is C34H44N4O4. The molecule has 0 heterocycles. The summed E-state index contributed by atoms with van der Waals surface area (Å²) in [5.74, 6) is 3.45. The highest BCUT2D eigenvalue weighted by molar-refractivity contribution is 5.43. The largest absolute Gasteiger partial charge is 0.494 e. The lowest BCUT2D eigenvalue weighted by Gasteiger charge is -2.08. The molecule has 0 bridgehead atoms. The lowest BCUT2D eigenvalue weighted by Crippen LogP contribution is -2.01. The van der Waals surface area contributed by atoms with Crippen molar-refractivity contribution in [1.82, 2.24) is 0 Å². The van der Waals surface area contributed by atoms with Crippen LogP contribution in [-0.4, -0.2) is 26.4 Å². The molecule has 42 heavy (non-hydrogen) atoms. The SMILES string of the molecule is Nc1ccc(OCCCCCOc2ccc(N)cc2)cc1.Nc1ccc(OCCCCCOc2ccc(N)cc2)cc1. The quantitative estimate of drug-likeness (QED) is 0.0834. The standard InChI is InChI=1S/2C17H22N2O2/c2*18-14-4-8-16(9-5-14)20-12-2-1-3-13-21-17-10-6-15(19)7-11-17/h2*4-11H,1-3,12-13,18-19H2. The molecule has 0 amide bonds. The molecule has 0 atom stereocenters. The summed E-state index contributed by atoms with van der Waals surface area (Å²) in [6.07, 6.45) is 6.18. The minimum Gasteiger partial charge on any atom is -0.494 e. The molecule has 8 N–H and O–H groups in total. The number of hydrogen-bond donors (Lipinski definition) is 4. The molecule has 0 spiro atoms. The molecule has 0 aliphatic carbocycles. The number of rotatable bonds is 16. The molecule has 224 valence electrons. The van der Waals surface area contributed by atoms with Gasteiger partial charge in [0.25, 0.3) is 0 Å². The number of ether oxygens (including phenoxy) is 4. The summed E-state index contributed by atoms with van der Waals surface area (Å²) in [4.78, 5) is 0. The summed E-state index contributed by atoms with van der Waals surface area (Å²) in [6.45, 7) is 2.86. The van der Waals surface area contributed by atoms with Gasteiger partial charge in [-0.2, -0.15) is 0 Å². The van der Waals surface area contributed by atoms with E-state index >= 15 is 0 Å². The van der Waals surface area contributed by atoms with Gasteiger partial charge in [-0.3, -0.25) is 0 Å². The van der Waals surface area contributed by atoms with E-state index < -0.39 is 0 Å². The topological polar surface area (TPSA) is 141 Å². The van der Waals surface area contributed by atoms with Gasteiger partial charge in [0.2, 0.25) is 0 Å². The van der Waals surface area contributed by atoms with Gasteiger partial charge >= 0.3 is 0 Å². The highest BCUT2D eigenvalue weighted by Gasteiger charge is 1.98. The van der Waals surface area contributed by atoms with Crippen LogP contribution in [0, 0.1) is 0 Å². The van der Waals surface area contributed by atoms with Crippen LogP contribution in [0.25, 0.3) is 0 Å². The van der Waals surface area contributed by atoms with Crippen molar-refractivity contribution in [2.75, 3.05) is 49.4 Å². The highest BCUT2D eigenvalue weighted by Crippen LogP contribution is 2.17. The van der Waals surface area contributed by atoms with Crippen LogP contribution in [-0.2, 0) is 0 Å². The molecule has 0 unspecified atom stereocenters. The van der Waals surface area contributed by atoms with Gasteiger partial charge in [-0.1, -0.05) is 0 Å². The zero-order valence-corrected chi connectivity index (χ0v) is 24.3. The third kappa shape index (κ3) is 13.6. The van der Waals surface area contributed by atoms with Crippen molar-refractivity contribution in [1.29, 1.82) is 0 Å². The Balaban J connectivity index is 0.000000230. The van der Waals surface area contributed by atoms with Crippen molar-refractivity contribution >= 4 is 22.7 Å². The zero-order valence-electron chi connectivity index (χ0n) is 24.3. The molecule has 8 heteroatoms. The van der Waals surface area contributed by atoms with Gasteiger partial charge in [-0.05, 0) is 136 Å². The summed E-state index contributed by atoms with van der Waals surface area (Å²) in [7, 11) is 0. The van der Waals surface area contributed by atoms with Crippen LogP contribution in [0.5, 0.6) is 23.0 Å². The molecule has 0 aliphatic rings. The lowest BCUT2D eigenvalue weighted by molar-refractivity contribution is 0.279. The molecule has 4 rings (SSSR count). The lowest BCUT2D eigenvalue weighted by atomic mass is 10.2. The first-order chi connectivity index (χ1) is 20.5. The Kier molecular flexibility index (Phi) is 14.1. The van der Waals surface area contributed by atoms with Crippen LogP contribution in [0.15, 0.2) is 97.1 Å². The number of benzene rings is 4. The molecule has 0 radical (unpaired) electrons. The summed E-state index contributed by atoms with van der Waals surface area (Å²) in [5, 5.41) is 0. The molecule has 4 aromatic carbocycles. The van der Waals surface area contributed by atoms with Crippen LogP contribution >= 0.6 is 0 Å². The fourth-order valence-electron chi connectivity index (χ4n) is 3.78. The average Bonchev–Trinajstić information content (AvgIpc) is 3.00. The molecule has 8 nitrogen and oxygen atoms in total. The van der Waals surface area contributed by atoms with Crippen LogP contribution in [0.1, 0.15) is 38.5 Å². The van der Waals surface area contributed by atoms with E-state index in [1.807, 2.05) is 97.1 Å². The predicted octanol–water partition coefficient (Wildman–Crippen LogP) is 6.96. The number of unbranched alkanes of at least 4 members (excludes halogenated alkanes) is 4. The van der Waals surface area contributed by atoms with Gasteiger partial charge in [0.1, 0.15) is 23.0 Å². The number of anilines is 4. The second kappa shape index (κ2) is 18.6. The van der Waals surface area contributed by atoms with Crippen LogP contribution in [0.4, 0.5) is 22.7 Å². The Morgan fingerprint density at radius 2 is 0.476 bits per heavy atom. The van der Waals surface area contributed by atoms with Crippen LogP contribution < -0.4 is 41.9 Å². The molecule has 0 fully saturated rings. The van der Waals surface area contributed by atoms with Crippen molar-refractivity contribution in [3.05, 3.63) is 97.1 Å². The molecule has 4 aromatic rings. The molecular weight excluding hydrogens is 528 g/mol. The van der Waals surface area contributed by atoms with Crippen molar-refractivity contribution < 1.29 is 18.9 Å². The Hall–Kier alpha value is -4.72. The van der Waals surface area contributed by atoms with Gasteiger partial charge in [0.15, 0.2) is 0 Å². The molecule has 0 aliphatic heterocycles. The molecule has 0 saturated carbocycles. The maximum atomic E-state index is 5.63. The van der Waals surface area contributed by atoms with Crippen LogP contribution in [0.3, 0.4) is 0 Å². The summed E-state index contributed by atoms with van der Waals surface area (Å²) < 4.78 is 22.5. The van der Waals surface area contributed by atoms with Crippen molar-refractivity contribution in [3.8, 4) is 23.0 Å². The smallest absolute Gasteiger partial charge is 0.119 e. The minimum absolute atomic E-state index is 0.714. The average molecular weight is 573 g/mol. The molecule has 0 aromatic heterocycles. The normalized spacial score (nSPS) is 10.3. The minimum atomic E-state index is 0.714. The zero-order chi connectivity index (χ0) is 29.8. The van der Waals surface area contributed by atoms with Crippen LogP contribution in [0.2, 0.25) is 0 Å². The molecule has 0 saturated heterocycles. The Bertz CT molecular complexity index is 1050. The van der Waals surface area contributed by atoms with E-state index in [2.05, 4.69) is 0 Å². The predicted molar refractivity (Wildman–Crippen MR) is 173 cm³/mol. The Morgan fingerprint density at radius 3 is 0.667 bits per heavy atom. The van der Waals surface area contributed by atoms with E-state index in [9.17, 15) is 0 Å². The first-order valence-electron chi connectivity index (χ1n) is 14.4. The van der Waals surface area contributed by atoms with Gasteiger partial charge in [-0.15, -0.1) is 0 Å². The Morgan fingerprint density at radius 1 is 0.286 bits per heavy atom. The third-order valence-electron chi connectivity index (χ3n) is 6.17. The summed E-state index contributed by atoms with van der Waals surface area (Å²) in [6, 6.07) is 29.9. The van der Waals surface area contributed by atoms with Gasteiger partial charge in [0.05, 0.1) is 26.4 Å². The summed E-state index contributed by atoms with van der Waals surface area (Å²) >= 11 is 0. The van der Waals surface area contributed by atoms with E-state index in [0.29, 0.717) is 26.4 Å². The maximum absolute atomic E-state index is 5.63. The number of nitrogens with two attached hydrogens (primary N) is 4. The first kappa shape index (κ1) is 31.8. The second-order valence-electron chi connectivity index (χ2n) is 9.79. The monoisotopic (exact) mass is 572 g/mol. The van der Waals surface area contributed by atoms with Gasteiger partial charge < -0.3 is 41.9 Å².